The predicted octanol–water partition coefficient (Wildman–Crippen LogP) is 2.65. The molecule has 1 amide bonds. The molecule has 0 unspecified atom stereocenters. The average Bonchev–Trinajstić information content (AvgIpc) is 3.04. The summed E-state index contributed by atoms with van der Waals surface area (Å²) in [6.07, 6.45) is 1.47. The summed E-state index contributed by atoms with van der Waals surface area (Å²) >= 11 is 0. The molecule has 1 aromatic carbocycles. The Morgan fingerprint density at radius 1 is 1.00 bits per heavy atom. The molecule has 3 aliphatic heterocycles. The van der Waals surface area contributed by atoms with Crippen LogP contribution in [0, 0.1) is 19.8 Å². The number of rotatable bonds is 3. The lowest BCUT2D eigenvalue weighted by Crippen LogP contribution is -2.51. The molecule has 8 heteroatoms. The quantitative estimate of drug-likeness (QED) is 0.696. The number of piperidine rings is 1. The summed E-state index contributed by atoms with van der Waals surface area (Å²) in [6, 6.07) is 5.74. The maximum atomic E-state index is 13.0. The summed E-state index contributed by atoms with van der Waals surface area (Å²) in [4.78, 5) is 19.7. The fourth-order valence-electron chi connectivity index (χ4n) is 4.95. The number of aryl methyl sites for hydroxylation is 2. The number of carbonyl (C=O) groups is 1. The van der Waals surface area contributed by atoms with Crippen molar-refractivity contribution in [2.75, 3.05) is 45.8 Å². The average molecular weight is 459 g/mol. The fraction of sp³-hybridized carbons (Fsp3) is 0.583. The van der Waals surface area contributed by atoms with Crippen LogP contribution in [0.5, 0.6) is 0 Å². The number of benzene rings is 1. The third-order valence-corrected chi connectivity index (χ3v) is 8.66. The van der Waals surface area contributed by atoms with E-state index < -0.39 is 10.0 Å². The Bertz CT molecular complexity index is 1060. The second-order valence-corrected chi connectivity index (χ2v) is 10.7. The van der Waals surface area contributed by atoms with E-state index in [4.69, 9.17) is 0 Å². The number of likely N-dealkylation sites (N-methyl/N-ethyl adjacent to an activating group) is 1. The van der Waals surface area contributed by atoms with Crippen molar-refractivity contribution in [2.24, 2.45) is 10.3 Å². The lowest BCUT2D eigenvalue weighted by atomic mass is 9.94. The Morgan fingerprint density at radius 3 is 2.25 bits per heavy atom. The van der Waals surface area contributed by atoms with E-state index in [-0.39, 0.29) is 11.8 Å². The molecule has 2 fully saturated rings. The van der Waals surface area contributed by atoms with Crippen molar-refractivity contribution in [3.63, 3.8) is 0 Å². The van der Waals surface area contributed by atoms with Gasteiger partial charge in [0.25, 0.3) is 10.0 Å². The van der Waals surface area contributed by atoms with E-state index in [0.717, 1.165) is 56.7 Å². The van der Waals surface area contributed by atoms with Crippen molar-refractivity contribution >= 4 is 26.7 Å². The molecule has 0 aromatic heterocycles. The molecule has 174 valence electrons. The minimum atomic E-state index is -3.73. The van der Waals surface area contributed by atoms with Gasteiger partial charge in [-0.1, -0.05) is 25.1 Å². The van der Waals surface area contributed by atoms with Crippen molar-refractivity contribution in [2.45, 2.75) is 40.5 Å². The smallest absolute Gasteiger partial charge is 0.285 e. The molecule has 7 nitrogen and oxygen atoms in total. The number of amides is 1. The zero-order valence-corrected chi connectivity index (χ0v) is 20.4. The Kier molecular flexibility index (Phi) is 6.45. The summed E-state index contributed by atoms with van der Waals surface area (Å²) in [7, 11) is -3.73. The Hall–Kier alpha value is -2.19. The van der Waals surface area contributed by atoms with Crippen molar-refractivity contribution in [3.8, 4) is 0 Å². The standard InChI is InChI=1S/C24H34N4O3S/c1-5-26-12-14-28(15-13-26)24(29)20-8-10-27(11-9-20)23-19(4)22(32(30,31)25-23)21-7-6-17(2)18(3)16-21/h6-7,16,20H,5,8-15H2,1-4H3. The van der Waals surface area contributed by atoms with Gasteiger partial charge < -0.3 is 14.7 Å². The predicted molar refractivity (Wildman–Crippen MR) is 128 cm³/mol. The Labute approximate surface area is 191 Å². The van der Waals surface area contributed by atoms with Gasteiger partial charge in [0.15, 0.2) is 0 Å². The van der Waals surface area contributed by atoms with Crippen LogP contribution in [0.15, 0.2) is 28.2 Å². The third-order valence-electron chi connectivity index (χ3n) is 7.18. The molecule has 2 saturated heterocycles. The van der Waals surface area contributed by atoms with Gasteiger partial charge >= 0.3 is 0 Å². The first-order chi connectivity index (χ1) is 15.2. The van der Waals surface area contributed by atoms with Crippen molar-refractivity contribution in [3.05, 3.63) is 40.5 Å². The van der Waals surface area contributed by atoms with Crippen LogP contribution in [0.3, 0.4) is 0 Å². The molecular weight excluding hydrogens is 424 g/mol. The molecule has 0 bridgehead atoms. The van der Waals surface area contributed by atoms with Gasteiger partial charge in [0.2, 0.25) is 5.91 Å². The van der Waals surface area contributed by atoms with Gasteiger partial charge in [-0.25, -0.2) is 0 Å². The number of nitrogens with zero attached hydrogens (tertiary/aromatic N) is 4. The highest BCUT2D eigenvalue weighted by atomic mass is 32.2. The molecular formula is C24H34N4O3S. The number of hydrogen-bond acceptors (Lipinski definition) is 5. The van der Waals surface area contributed by atoms with Gasteiger partial charge in [-0.15, -0.1) is 4.40 Å². The van der Waals surface area contributed by atoms with Crippen LogP contribution in [0.1, 0.15) is 43.4 Å². The second kappa shape index (κ2) is 8.98. The Balaban J connectivity index is 1.45. The molecule has 0 radical (unpaired) electrons. The van der Waals surface area contributed by atoms with Crippen LogP contribution in [0.25, 0.3) is 4.91 Å². The van der Waals surface area contributed by atoms with E-state index >= 15 is 0 Å². The number of likely N-dealkylation sites (tertiary alicyclic amines) is 1. The van der Waals surface area contributed by atoms with Gasteiger partial charge in [0.05, 0.1) is 0 Å². The highest BCUT2D eigenvalue weighted by Crippen LogP contribution is 2.35. The highest BCUT2D eigenvalue weighted by Gasteiger charge is 2.36. The van der Waals surface area contributed by atoms with Gasteiger partial charge in [0.1, 0.15) is 10.7 Å². The molecule has 32 heavy (non-hydrogen) atoms. The topological polar surface area (TPSA) is 73.3 Å². The zero-order valence-electron chi connectivity index (χ0n) is 19.6. The first-order valence-electron chi connectivity index (χ1n) is 11.6. The molecule has 0 N–H and O–H groups in total. The molecule has 0 atom stereocenters. The first-order valence-corrected chi connectivity index (χ1v) is 13.0. The van der Waals surface area contributed by atoms with Crippen LogP contribution in [0.4, 0.5) is 0 Å². The van der Waals surface area contributed by atoms with E-state index in [0.29, 0.717) is 35.0 Å². The van der Waals surface area contributed by atoms with Crippen LogP contribution >= 0.6 is 0 Å². The summed E-state index contributed by atoms with van der Waals surface area (Å²) in [5, 5.41) is 0. The maximum Gasteiger partial charge on any atom is 0.285 e. The van der Waals surface area contributed by atoms with Gasteiger partial charge in [-0.05, 0) is 56.8 Å². The van der Waals surface area contributed by atoms with Crippen molar-refractivity contribution < 1.29 is 13.2 Å². The Morgan fingerprint density at radius 2 is 1.66 bits per heavy atom. The summed E-state index contributed by atoms with van der Waals surface area (Å²) in [6.45, 7) is 13.8. The van der Waals surface area contributed by atoms with Crippen LogP contribution in [0.2, 0.25) is 0 Å². The van der Waals surface area contributed by atoms with E-state index in [1.165, 1.54) is 0 Å². The van der Waals surface area contributed by atoms with Gasteiger partial charge in [-0.3, -0.25) is 4.79 Å². The number of sulfonamides is 1. The number of hydrogen-bond donors (Lipinski definition) is 0. The third kappa shape index (κ3) is 4.35. The molecule has 3 aliphatic rings. The lowest BCUT2D eigenvalue weighted by Gasteiger charge is -2.38. The van der Waals surface area contributed by atoms with Gasteiger partial charge in [-0.2, -0.15) is 8.42 Å². The number of amidine groups is 1. The van der Waals surface area contributed by atoms with Crippen LogP contribution in [-0.2, 0) is 14.8 Å². The SMILES string of the molecule is CCN1CCN(C(=O)C2CCN(C3=NS(=O)(=O)C(c4ccc(C)c(C)c4)=C3C)CC2)CC1. The lowest BCUT2D eigenvalue weighted by molar-refractivity contribution is -0.138. The molecule has 0 saturated carbocycles. The molecule has 0 spiro atoms. The van der Waals surface area contributed by atoms with E-state index in [1.807, 2.05) is 48.8 Å². The van der Waals surface area contributed by atoms with E-state index in [2.05, 4.69) is 16.2 Å². The first kappa shape index (κ1) is 23.0. The minimum Gasteiger partial charge on any atom is -0.356 e. The van der Waals surface area contributed by atoms with Crippen LogP contribution in [-0.4, -0.2) is 80.7 Å². The highest BCUT2D eigenvalue weighted by molar-refractivity contribution is 8.00. The molecule has 1 aromatic rings. The van der Waals surface area contributed by atoms with Crippen molar-refractivity contribution in [1.82, 2.24) is 14.7 Å². The largest absolute Gasteiger partial charge is 0.356 e. The summed E-state index contributed by atoms with van der Waals surface area (Å²) in [5.41, 5.74) is 3.59. The fourth-order valence-corrected chi connectivity index (χ4v) is 6.42. The summed E-state index contributed by atoms with van der Waals surface area (Å²) < 4.78 is 30.0. The number of carbonyl (C=O) groups excluding carboxylic acids is 1. The second-order valence-electron chi connectivity index (χ2n) is 9.16. The zero-order chi connectivity index (χ0) is 23.0. The number of piperazine rings is 1. The maximum absolute atomic E-state index is 13.0. The minimum absolute atomic E-state index is 0.0153. The monoisotopic (exact) mass is 458 g/mol. The van der Waals surface area contributed by atoms with Crippen molar-refractivity contribution in [1.29, 1.82) is 0 Å². The normalized spacial score (nSPS) is 22.4. The van der Waals surface area contributed by atoms with E-state index in [9.17, 15) is 13.2 Å². The molecule has 4 rings (SSSR count). The summed E-state index contributed by atoms with van der Waals surface area (Å²) in [5.74, 6) is 0.812. The molecule has 0 aliphatic carbocycles. The van der Waals surface area contributed by atoms with Crippen LogP contribution < -0.4 is 0 Å². The van der Waals surface area contributed by atoms with E-state index in [1.54, 1.807) is 0 Å². The molecule has 3 heterocycles. The van der Waals surface area contributed by atoms with Gasteiger partial charge in [0, 0.05) is 50.8 Å².